The van der Waals surface area contributed by atoms with E-state index in [1.165, 1.54) is 12.3 Å². The molecule has 1 aromatic carbocycles. The van der Waals surface area contributed by atoms with Gasteiger partial charge in [-0.1, -0.05) is 42.5 Å². The highest BCUT2D eigenvalue weighted by molar-refractivity contribution is 7.89. The fraction of sp³-hybridized carbons (Fsp3) is 0.188. The van der Waals surface area contributed by atoms with E-state index in [1.807, 2.05) is 30.3 Å². The molecule has 1 heterocycles. The molecule has 2 aromatic rings. The van der Waals surface area contributed by atoms with Crippen molar-refractivity contribution in [1.29, 1.82) is 0 Å². The highest BCUT2D eigenvalue weighted by atomic mass is 32.2. The lowest BCUT2D eigenvalue weighted by atomic mass is 10.0. The third-order valence-electron chi connectivity index (χ3n) is 3.07. The summed E-state index contributed by atoms with van der Waals surface area (Å²) in [5.74, 6) is 0. The number of sulfonamides is 1. The van der Waals surface area contributed by atoms with Crippen molar-refractivity contribution in [2.24, 2.45) is 0 Å². The molecule has 1 unspecified atom stereocenters. The zero-order valence-electron chi connectivity index (χ0n) is 11.6. The van der Waals surface area contributed by atoms with Crippen LogP contribution in [-0.2, 0) is 10.0 Å². The zero-order valence-corrected chi connectivity index (χ0v) is 12.5. The molecule has 0 aliphatic heterocycles. The Kier molecular flexibility index (Phi) is 5.25. The maximum atomic E-state index is 12.4. The van der Waals surface area contributed by atoms with Crippen LogP contribution in [0.3, 0.4) is 0 Å². The second-order valence-electron chi connectivity index (χ2n) is 4.62. The van der Waals surface area contributed by atoms with Gasteiger partial charge in [0.15, 0.2) is 5.03 Å². The fourth-order valence-corrected chi connectivity index (χ4v) is 3.22. The maximum absolute atomic E-state index is 12.4. The summed E-state index contributed by atoms with van der Waals surface area (Å²) in [6.07, 6.45) is 4.63. The van der Waals surface area contributed by atoms with E-state index < -0.39 is 10.0 Å². The first-order valence-electron chi connectivity index (χ1n) is 6.72. The molecule has 4 nitrogen and oxygen atoms in total. The van der Waals surface area contributed by atoms with Gasteiger partial charge in [0, 0.05) is 12.2 Å². The van der Waals surface area contributed by atoms with Crippen LogP contribution in [0, 0.1) is 0 Å². The quantitative estimate of drug-likeness (QED) is 0.800. The number of aromatic nitrogens is 1. The Balaban J connectivity index is 2.25. The number of benzene rings is 1. The highest BCUT2D eigenvalue weighted by Gasteiger charge is 2.21. The molecule has 110 valence electrons. The van der Waals surface area contributed by atoms with Gasteiger partial charge in [0.2, 0.25) is 0 Å². The van der Waals surface area contributed by atoms with Gasteiger partial charge >= 0.3 is 0 Å². The van der Waals surface area contributed by atoms with Crippen LogP contribution in [0.4, 0.5) is 0 Å². The van der Waals surface area contributed by atoms with Crippen LogP contribution in [0.15, 0.2) is 72.4 Å². The highest BCUT2D eigenvalue weighted by Crippen LogP contribution is 2.21. The summed E-state index contributed by atoms with van der Waals surface area (Å²) in [5.41, 5.74) is 0.929. The zero-order chi connectivity index (χ0) is 15.1. The SMILES string of the molecule is C=CCCC(NS(=O)(=O)c1ccccn1)c1ccccc1. The molecule has 0 bridgehead atoms. The smallest absolute Gasteiger partial charge is 0.243 e. The largest absolute Gasteiger partial charge is 0.258 e. The number of hydrogen-bond acceptors (Lipinski definition) is 3. The lowest BCUT2D eigenvalue weighted by Crippen LogP contribution is -2.29. The van der Waals surface area contributed by atoms with Crippen molar-refractivity contribution in [3.63, 3.8) is 0 Å². The Labute approximate surface area is 125 Å². The Hall–Kier alpha value is -1.98. The van der Waals surface area contributed by atoms with E-state index in [1.54, 1.807) is 18.2 Å². The molecule has 2 rings (SSSR count). The van der Waals surface area contributed by atoms with Crippen LogP contribution in [-0.4, -0.2) is 13.4 Å². The van der Waals surface area contributed by atoms with Gasteiger partial charge in [-0.15, -0.1) is 6.58 Å². The molecular formula is C16H18N2O2S. The van der Waals surface area contributed by atoms with Crippen LogP contribution >= 0.6 is 0 Å². The average molecular weight is 302 g/mol. The lowest BCUT2D eigenvalue weighted by molar-refractivity contribution is 0.539. The van der Waals surface area contributed by atoms with Gasteiger partial charge < -0.3 is 0 Å². The number of allylic oxidation sites excluding steroid dienone is 1. The van der Waals surface area contributed by atoms with Gasteiger partial charge in [-0.3, -0.25) is 0 Å². The normalized spacial score (nSPS) is 12.8. The standard InChI is InChI=1S/C16H18N2O2S/c1-2-3-11-15(14-9-5-4-6-10-14)18-21(19,20)16-12-7-8-13-17-16/h2,4-10,12-13,15,18H,1,3,11H2. The Morgan fingerprint density at radius 2 is 1.86 bits per heavy atom. The van der Waals surface area contributed by atoms with E-state index in [9.17, 15) is 8.42 Å². The van der Waals surface area contributed by atoms with E-state index in [2.05, 4.69) is 16.3 Å². The molecule has 0 saturated heterocycles. The number of pyridine rings is 1. The van der Waals surface area contributed by atoms with E-state index in [-0.39, 0.29) is 11.1 Å². The molecule has 0 radical (unpaired) electrons. The van der Waals surface area contributed by atoms with Crippen LogP contribution in [0.5, 0.6) is 0 Å². The summed E-state index contributed by atoms with van der Waals surface area (Å²) in [7, 11) is -3.63. The third kappa shape index (κ3) is 4.24. The van der Waals surface area contributed by atoms with Gasteiger partial charge in [0.1, 0.15) is 0 Å². The first-order chi connectivity index (χ1) is 10.1. The Bertz CT molecular complexity index is 670. The van der Waals surface area contributed by atoms with E-state index in [0.717, 1.165) is 12.0 Å². The third-order valence-corrected chi connectivity index (χ3v) is 4.46. The summed E-state index contributed by atoms with van der Waals surface area (Å²) in [6, 6.07) is 14.0. The predicted molar refractivity (Wildman–Crippen MR) is 83.2 cm³/mol. The van der Waals surface area contributed by atoms with Crippen molar-refractivity contribution in [2.45, 2.75) is 23.9 Å². The fourth-order valence-electron chi connectivity index (χ4n) is 2.02. The number of nitrogens with one attached hydrogen (secondary N) is 1. The molecule has 0 fully saturated rings. The van der Waals surface area contributed by atoms with Gasteiger partial charge in [-0.05, 0) is 30.5 Å². The first-order valence-corrected chi connectivity index (χ1v) is 8.21. The van der Waals surface area contributed by atoms with E-state index >= 15 is 0 Å². The van der Waals surface area contributed by atoms with Crippen molar-refractivity contribution in [3.8, 4) is 0 Å². The summed E-state index contributed by atoms with van der Waals surface area (Å²) in [4.78, 5) is 3.91. The molecule has 5 heteroatoms. The van der Waals surface area contributed by atoms with Crippen LogP contribution in [0.1, 0.15) is 24.4 Å². The van der Waals surface area contributed by atoms with Crippen LogP contribution in [0.2, 0.25) is 0 Å². The second-order valence-corrected chi connectivity index (χ2v) is 6.28. The van der Waals surface area contributed by atoms with Gasteiger partial charge in [0.05, 0.1) is 0 Å². The molecule has 1 atom stereocenters. The molecule has 0 aliphatic rings. The minimum absolute atomic E-state index is 0.0320. The van der Waals surface area contributed by atoms with Crippen molar-refractivity contribution in [2.75, 3.05) is 0 Å². The number of nitrogens with zero attached hydrogens (tertiary/aromatic N) is 1. The van der Waals surface area contributed by atoms with E-state index in [0.29, 0.717) is 6.42 Å². The summed E-state index contributed by atoms with van der Waals surface area (Å²) in [6.45, 7) is 3.69. The lowest BCUT2D eigenvalue weighted by Gasteiger charge is -2.18. The van der Waals surface area contributed by atoms with Gasteiger partial charge in [-0.2, -0.15) is 0 Å². The molecule has 1 aromatic heterocycles. The second kappa shape index (κ2) is 7.15. The monoisotopic (exact) mass is 302 g/mol. The summed E-state index contributed by atoms with van der Waals surface area (Å²) in [5, 5.41) is 0.0320. The minimum atomic E-state index is -3.63. The maximum Gasteiger partial charge on any atom is 0.258 e. The molecule has 21 heavy (non-hydrogen) atoms. The molecule has 0 spiro atoms. The molecule has 0 aliphatic carbocycles. The molecular weight excluding hydrogens is 284 g/mol. The number of rotatable bonds is 7. The molecule has 0 saturated carbocycles. The summed E-state index contributed by atoms with van der Waals surface area (Å²) >= 11 is 0. The van der Waals surface area contributed by atoms with Crippen LogP contribution < -0.4 is 4.72 Å². The predicted octanol–water partition coefficient (Wildman–Crippen LogP) is 3.07. The van der Waals surface area contributed by atoms with Crippen LogP contribution in [0.25, 0.3) is 0 Å². The van der Waals surface area contributed by atoms with E-state index in [4.69, 9.17) is 0 Å². The average Bonchev–Trinajstić information content (AvgIpc) is 2.53. The first kappa shape index (κ1) is 15.4. The minimum Gasteiger partial charge on any atom is -0.243 e. The van der Waals surface area contributed by atoms with Crippen molar-refractivity contribution >= 4 is 10.0 Å². The van der Waals surface area contributed by atoms with Crippen molar-refractivity contribution in [1.82, 2.24) is 9.71 Å². The Morgan fingerprint density at radius 1 is 1.14 bits per heavy atom. The molecule has 0 amide bonds. The number of hydrogen-bond donors (Lipinski definition) is 1. The van der Waals surface area contributed by atoms with Crippen molar-refractivity contribution < 1.29 is 8.42 Å². The Morgan fingerprint density at radius 3 is 2.48 bits per heavy atom. The topological polar surface area (TPSA) is 59.1 Å². The molecule has 1 N–H and O–H groups in total. The van der Waals surface area contributed by atoms with Gasteiger partial charge in [-0.25, -0.2) is 18.1 Å². The summed E-state index contributed by atoms with van der Waals surface area (Å²) < 4.78 is 27.5. The van der Waals surface area contributed by atoms with Gasteiger partial charge in [0.25, 0.3) is 10.0 Å². The van der Waals surface area contributed by atoms with Crippen molar-refractivity contribution in [3.05, 3.63) is 72.9 Å².